The molecule has 0 saturated carbocycles. The molecule has 3 aromatic heterocycles. The van der Waals surface area contributed by atoms with Gasteiger partial charge in [-0.15, -0.1) is 0 Å². The van der Waals surface area contributed by atoms with Gasteiger partial charge < -0.3 is 49.3 Å². The first-order chi connectivity index (χ1) is 31.3. The van der Waals surface area contributed by atoms with Crippen molar-refractivity contribution in [3.8, 4) is 23.1 Å². The van der Waals surface area contributed by atoms with Gasteiger partial charge in [0.1, 0.15) is 29.4 Å². The number of ether oxygens (including phenoxy) is 4. The molecule has 4 aliphatic rings. The first-order valence-electron chi connectivity index (χ1n) is 22.2. The van der Waals surface area contributed by atoms with Crippen LogP contribution in [0.2, 0.25) is 0 Å². The first-order valence-corrected chi connectivity index (χ1v) is 22.2. The van der Waals surface area contributed by atoms with Gasteiger partial charge in [-0.25, -0.2) is 24.5 Å². The van der Waals surface area contributed by atoms with Gasteiger partial charge >= 0.3 is 12.2 Å². The summed E-state index contributed by atoms with van der Waals surface area (Å²) in [7, 11) is 2.61. The highest BCUT2D eigenvalue weighted by atomic mass is 16.5. The van der Waals surface area contributed by atoms with Gasteiger partial charge in [-0.1, -0.05) is 12.0 Å². The normalized spacial score (nSPS) is 20.4. The van der Waals surface area contributed by atoms with Gasteiger partial charge in [-0.2, -0.15) is 0 Å². The Bertz CT molecular complexity index is 2590. The molecule has 4 unspecified atom stereocenters. The van der Waals surface area contributed by atoms with Crippen LogP contribution in [0, 0.1) is 23.7 Å². The number of alkyl carbamates (subject to hydrolysis) is 2. The van der Waals surface area contributed by atoms with Crippen LogP contribution in [-0.4, -0.2) is 125 Å². The number of carbonyl (C=O) groups excluding carboxylic acids is 4. The number of nitrogens with one attached hydrogen (secondary N) is 4. The minimum atomic E-state index is -0.701. The highest BCUT2D eigenvalue weighted by molar-refractivity contribution is 5.88. The maximum atomic E-state index is 14.0. The van der Waals surface area contributed by atoms with Gasteiger partial charge in [0.05, 0.1) is 54.7 Å². The van der Waals surface area contributed by atoms with Crippen LogP contribution in [0.5, 0.6) is 0 Å². The molecule has 4 fully saturated rings. The highest BCUT2D eigenvalue weighted by Gasteiger charge is 2.41. The number of benzene rings is 2. The molecule has 0 aliphatic carbocycles. The summed E-state index contributed by atoms with van der Waals surface area (Å²) >= 11 is 0. The zero-order valence-corrected chi connectivity index (χ0v) is 36.1. The lowest BCUT2D eigenvalue weighted by molar-refractivity contribution is -0.137. The van der Waals surface area contributed by atoms with Crippen molar-refractivity contribution in [3.63, 3.8) is 0 Å². The quantitative estimate of drug-likeness (QED) is 0.136. The first kappa shape index (κ1) is 42.8. The zero-order chi connectivity index (χ0) is 44.2. The summed E-state index contributed by atoms with van der Waals surface area (Å²) in [5.74, 6) is 7.54. The Labute approximate surface area is 370 Å². The van der Waals surface area contributed by atoms with E-state index in [0.717, 1.165) is 64.4 Å². The average molecular weight is 872 g/mol. The topological polar surface area (TPSA) is 206 Å². The number of methoxy groups -OCH3 is 2. The number of amides is 4. The summed E-state index contributed by atoms with van der Waals surface area (Å²) in [5.41, 5.74) is 5.57. The lowest BCUT2D eigenvalue weighted by Crippen LogP contribution is -2.53. The number of likely N-dealkylation sites (tertiary alicyclic amines) is 2. The second-order valence-electron chi connectivity index (χ2n) is 16.9. The molecule has 0 radical (unpaired) electrons. The molecule has 4 atom stereocenters. The van der Waals surface area contributed by atoms with Crippen molar-refractivity contribution >= 4 is 45.9 Å². The molecule has 9 rings (SSSR count). The minimum absolute atomic E-state index is 0.0387. The van der Waals surface area contributed by atoms with E-state index in [2.05, 4.69) is 38.5 Å². The second-order valence-corrected chi connectivity index (χ2v) is 16.9. The average Bonchev–Trinajstić information content (AvgIpc) is 4.18. The summed E-state index contributed by atoms with van der Waals surface area (Å²) in [6.45, 7) is 3.35. The Morgan fingerprint density at radius 2 is 1.31 bits per heavy atom. The fraction of sp³-hybridized carbons (Fsp3) is 0.468. The Morgan fingerprint density at radius 1 is 0.703 bits per heavy atom. The number of hydrogen-bond donors (Lipinski definition) is 4. The third kappa shape index (κ3) is 9.11. The zero-order valence-electron chi connectivity index (χ0n) is 36.1. The number of fused-ring (bicyclic) bond motifs is 2. The van der Waals surface area contributed by atoms with Crippen molar-refractivity contribution in [2.45, 2.75) is 75.5 Å². The standard InChI is InChI=1S/C47H53N9O8/c1-61-46(59)53-40(29-15-21-63-22-16-29)44(57)55-19-3-5-38(55)42-48-27-37(52-42)32-10-14-34-31(26-32)9-12-33(49-34)11-7-28-8-13-35-36(25-28)51-43(50-35)39-6-4-20-56(39)45(58)41(54-47(60)62-2)30-17-23-64-24-18-30/h8-10,12-14,25-27,29-30,38-41H,3-6,15-24H2,1-2H3,(H,48,52)(H,50,51)(H,53,59)(H,54,60). The van der Waals surface area contributed by atoms with E-state index in [4.69, 9.17) is 33.9 Å². The molecule has 0 spiro atoms. The van der Waals surface area contributed by atoms with Gasteiger partial charge in [0, 0.05) is 56.0 Å². The fourth-order valence-corrected chi connectivity index (χ4v) is 9.64. The maximum Gasteiger partial charge on any atom is 0.407 e. The second kappa shape index (κ2) is 19.1. The highest BCUT2D eigenvalue weighted by Crippen LogP contribution is 2.36. The van der Waals surface area contributed by atoms with Crippen molar-refractivity contribution in [2.24, 2.45) is 11.8 Å². The molecular weight excluding hydrogens is 819 g/mol. The molecule has 5 aromatic rings. The molecule has 7 heterocycles. The van der Waals surface area contributed by atoms with Crippen molar-refractivity contribution in [3.05, 3.63) is 77.6 Å². The molecule has 334 valence electrons. The summed E-state index contributed by atoms with van der Waals surface area (Å²) in [6, 6.07) is 13.8. The molecule has 2 aromatic carbocycles. The molecule has 4 saturated heterocycles. The van der Waals surface area contributed by atoms with E-state index in [1.807, 2.05) is 52.3 Å². The Morgan fingerprint density at radius 3 is 1.94 bits per heavy atom. The molecule has 0 bridgehead atoms. The Balaban J connectivity index is 0.872. The fourth-order valence-electron chi connectivity index (χ4n) is 9.64. The van der Waals surface area contributed by atoms with Crippen molar-refractivity contribution in [1.29, 1.82) is 0 Å². The van der Waals surface area contributed by atoms with Gasteiger partial charge in [0.25, 0.3) is 0 Å². The van der Waals surface area contributed by atoms with Crippen LogP contribution in [-0.2, 0) is 28.5 Å². The number of aromatic amines is 2. The monoisotopic (exact) mass is 871 g/mol. The Kier molecular flexibility index (Phi) is 12.7. The van der Waals surface area contributed by atoms with E-state index in [-0.39, 0.29) is 35.7 Å². The van der Waals surface area contributed by atoms with Gasteiger partial charge in [0.15, 0.2) is 0 Å². The number of nitrogens with zero attached hydrogens (tertiary/aromatic N) is 5. The largest absolute Gasteiger partial charge is 0.453 e. The van der Waals surface area contributed by atoms with Gasteiger partial charge in [-0.3, -0.25) is 9.59 Å². The number of pyridine rings is 1. The smallest absolute Gasteiger partial charge is 0.407 e. The summed E-state index contributed by atoms with van der Waals surface area (Å²) in [6.07, 6.45) is 6.46. The lowest BCUT2D eigenvalue weighted by Gasteiger charge is -2.34. The molecule has 17 heteroatoms. The number of aromatic nitrogens is 5. The maximum absolute atomic E-state index is 14.0. The summed E-state index contributed by atoms with van der Waals surface area (Å²) in [5, 5.41) is 6.56. The van der Waals surface area contributed by atoms with Crippen molar-refractivity contribution in [2.75, 3.05) is 53.7 Å². The van der Waals surface area contributed by atoms with E-state index in [1.54, 1.807) is 6.20 Å². The van der Waals surface area contributed by atoms with Crippen LogP contribution in [0.4, 0.5) is 9.59 Å². The number of imidazole rings is 2. The summed E-state index contributed by atoms with van der Waals surface area (Å²) in [4.78, 5) is 77.6. The third-order valence-electron chi connectivity index (χ3n) is 13.1. The summed E-state index contributed by atoms with van der Waals surface area (Å²) < 4.78 is 20.8. The van der Waals surface area contributed by atoms with E-state index in [0.29, 0.717) is 82.5 Å². The van der Waals surface area contributed by atoms with E-state index < -0.39 is 24.3 Å². The number of rotatable bonds is 9. The number of hydrogen-bond acceptors (Lipinski definition) is 11. The Hall–Kier alpha value is -6.51. The van der Waals surface area contributed by atoms with E-state index >= 15 is 0 Å². The molecular formula is C47H53N9O8. The van der Waals surface area contributed by atoms with E-state index in [9.17, 15) is 19.2 Å². The SMILES string of the molecule is COC(=O)NC(C(=O)N1CCCC1c1ncc(-c2ccc3nc(C#Cc4ccc5nc(C6CCCN6C(=O)C(NC(=O)OC)C6CCOCC6)[nH]c5c4)ccc3c2)[nH]1)C1CCOCC1. The molecule has 64 heavy (non-hydrogen) atoms. The predicted octanol–water partition coefficient (Wildman–Crippen LogP) is 5.53. The van der Waals surface area contributed by atoms with Crippen molar-refractivity contribution < 1.29 is 38.1 Å². The molecule has 4 aliphatic heterocycles. The minimum Gasteiger partial charge on any atom is -0.453 e. The van der Waals surface area contributed by atoms with Gasteiger partial charge in [0.2, 0.25) is 11.8 Å². The van der Waals surface area contributed by atoms with Crippen LogP contribution in [0.15, 0.2) is 54.7 Å². The van der Waals surface area contributed by atoms with Crippen LogP contribution in [0.1, 0.15) is 86.4 Å². The van der Waals surface area contributed by atoms with Crippen LogP contribution in [0.3, 0.4) is 0 Å². The molecule has 17 nitrogen and oxygen atoms in total. The molecule has 4 amide bonds. The van der Waals surface area contributed by atoms with E-state index in [1.165, 1.54) is 14.2 Å². The van der Waals surface area contributed by atoms with Crippen LogP contribution < -0.4 is 10.6 Å². The molecule has 4 N–H and O–H groups in total. The lowest BCUT2D eigenvalue weighted by atomic mass is 9.90. The number of H-pyrrole nitrogens is 2. The van der Waals surface area contributed by atoms with Crippen LogP contribution >= 0.6 is 0 Å². The van der Waals surface area contributed by atoms with Crippen molar-refractivity contribution in [1.82, 2.24) is 45.4 Å². The number of carbonyl (C=O) groups is 4. The van der Waals surface area contributed by atoms with Crippen LogP contribution in [0.25, 0.3) is 33.2 Å². The predicted molar refractivity (Wildman–Crippen MR) is 235 cm³/mol. The van der Waals surface area contributed by atoms with Gasteiger partial charge in [-0.05, 0) is 112 Å². The third-order valence-corrected chi connectivity index (χ3v) is 13.1.